The Kier molecular flexibility index (Phi) is 4.69. The van der Waals surface area contributed by atoms with Crippen LogP contribution in [-0.2, 0) is 6.54 Å². The summed E-state index contributed by atoms with van der Waals surface area (Å²) in [6, 6.07) is 9.81. The van der Waals surface area contributed by atoms with Crippen LogP contribution >= 0.6 is 0 Å². The van der Waals surface area contributed by atoms with Gasteiger partial charge in [0.2, 0.25) is 0 Å². The zero-order valence-electron chi connectivity index (χ0n) is 12.2. The Balaban J connectivity index is 2.22. The van der Waals surface area contributed by atoms with Crippen molar-refractivity contribution in [2.45, 2.75) is 33.4 Å². The van der Waals surface area contributed by atoms with E-state index in [1.807, 2.05) is 37.3 Å². The molecule has 1 atom stereocenters. The van der Waals surface area contributed by atoms with Gasteiger partial charge in [-0.05, 0) is 50.6 Å². The lowest BCUT2D eigenvalue weighted by Crippen LogP contribution is -2.24. The van der Waals surface area contributed by atoms with Gasteiger partial charge in [0.05, 0.1) is 18.3 Å². The number of hydrogen-bond acceptors (Lipinski definition) is 4. The molecule has 1 N–H and O–H groups in total. The van der Waals surface area contributed by atoms with Crippen LogP contribution in [0.25, 0.3) is 0 Å². The minimum Gasteiger partial charge on any atom is -0.389 e. The number of anilines is 1. The number of nitrogens with zero attached hydrogens (tertiary/aromatic N) is 3. The van der Waals surface area contributed by atoms with Gasteiger partial charge in [-0.2, -0.15) is 0 Å². The average molecular weight is 271 g/mol. The van der Waals surface area contributed by atoms with Crippen molar-refractivity contribution >= 4 is 5.82 Å². The van der Waals surface area contributed by atoms with Crippen molar-refractivity contribution in [2.24, 2.45) is 0 Å². The molecule has 0 aliphatic heterocycles. The Labute approximate surface area is 120 Å². The first kappa shape index (κ1) is 14.5. The molecule has 4 nitrogen and oxygen atoms in total. The van der Waals surface area contributed by atoms with Crippen LogP contribution in [0.5, 0.6) is 0 Å². The van der Waals surface area contributed by atoms with E-state index in [1.54, 1.807) is 13.1 Å². The molecule has 1 unspecified atom stereocenters. The van der Waals surface area contributed by atoms with Crippen LogP contribution in [0.3, 0.4) is 0 Å². The highest BCUT2D eigenvalue weighted by Gasteiger charge is 2.10. The zero-order valence-corrected chi connectivity index (χ0v) is 12.2. The van der Waals surface area contributed by atoms with E-state index >= 15 is 0 Å². The second kappa shape index (κ2) is 6.48. The van der Waals surface area contributed by atoms with Crippen molar-refractivity contribution < 1.29 is 5.11 Å². The van der Waals surface area contributed by atoms with E-state index in [2.05, 4.69) is 21.8 Å². The topological polar surface area (TPSA) is 49.2 Å². The van der Waals surface area contributed by atoms with E-state index in [0.717, 1.165) is 29.3 Å². The minimum absolute atomic E-state index is 0.479. The van der Waals surface area contributed by atoms with Gasteiger partial charge in [0.1, 0.15) is 5.82 Å². The van der Waals surface area contributed by atoms with E-state index in [9.17, 15) is 5.11 Å². The molecule has 20 heavy (non-hydrogen) atoms. The van der Waals surface area contributed by atoms with Gasteiger partial charge in [0, 0.05) is 18.4 Å². The summed E-state index contributed by atoms with van der Waals surface area (Å²) >= 11 is 0. The summed E-state index contributed by atoms with van der Waals surface area (Å²) in [6.07, 6.45) is 1.26. The molecule has 0 saturated heterocycles. The summed E-state index contributed by atoms with van der Waals surface area (Å²) in [6.45, 7) is 7.40. The molecule has 106 valence electrons. The molecule has 0 amide bonds. The lowest BCUT2D eigenvalue weighted by molar-refractivity contribution is 0.199. The molecule has 0 aromatic carbocycles. The van der Waals surface area contributed by atoms with Gasteiger partial charge in [0.25, 0.3) is 0 Å². The summed E-state index contributed by atoms with van der Waals surface area (Å²) in [5.74, 6) is 0.870. The van der Waals surface area contributed by atoms with Gasteiger partial charge in [-0.25, -0.2) is 4.98 Å². The highest BCUT2D eigenvalue weighted by molar-refractivity contribution is 5.41. The van der Waals surface area contributed by atoms with Crippen molar-refractivity contribution in [3.8, 4) is 0 Å². The highest BCUT2D eigenvalue weighted by Crippen LogP contribution is 2.19. The number of hydrogen-bond donors (Lipinski definition) is 1. The Hall–Kier alpha value is -1.94. The fourth-order valence-corrected chi connectivity index (χ4v) is 2.10. The first-order valence-electron chi connectivity index (χ1n) is 6.91. The first-order chi connectivity index (χ1) is 9.60. The number of aliphatic hydroxyl groups is 1. The number of aryl methyl sites for hydroxylation is 1. The fraction of sp³-hybridized carbons (Fsp3) is 0.375. The van der Waals surface area contributed by atoms with Crippen LogP contribution in [-0.4, -0.2) is 21.6 Å². The number of pyridine rings is 2. The van der Waals surface area contributed by atoms with Crippen molar-refractivity contribution in [2.75, 3.05) is 11.4 Å². The maximum atomic E-state index is 9.67. The molecule has 2 heterocycles. The summed E-state index contributed by atoms with van der Waals surface area (Å²) in [5, 5.41) is 9.67. The Morgan fingerprint density at radius 2 is 2.10 bits per heavy atom. The largest absolute Gasteiger partial charge is 0.389 e. The van der Waals surface area contributed by atoms with E-state index in [4.69, 9.17) is 0 Å². The summed E-state index contributed by atoms with van der Waals surface area (Å²) in [4.78, 5) is 11.1. The maximum Gasteiger partial charge on any atom is 0.129 e. The molecule has 0 fully saturated rings. The third-order valence-corrected chi connectivity index (χ3v) is 3.26. The lowest BCUT2D eigenvalue weighted by atomic mass is 10.1. The van der Waals surface area contributed by atoms with Gasteiger partial charge < -0.3 is 10.0 Å². The standard InChI is InChI=1S/C16H21N3O/c1-4-19(11-15-7-5-6-12(2)18-15)16-10-14(13(3)20)8-9-17-16/h5-10,13,20H,4,11H2,1-3H3. The van der Waals surface area contributed by atoms with Crippen LogP contribution in [0.15, 0.2) is 36.5 Å². The Morgan fingerprint density at radius 1 is 1.30 bits per heavy atom. The van der Waals surface area contributed by atoms with Crippen LogP contribution in [0.2, 0.25) is 0 Å². The van der Waals surface area contributed by atoms with Gasteiger partial charge in [-0.3, -0.25) is 4.98 Å². The van der Waals surface area contributed by atoms with Gasteiger partial charge >= 0.3 is 0 Å². The second-order valence-electron chi connectivity index (χ2n) is 4.91. The molecule has 2 rings (SSSR count). The molecule has 4 heteroatoms. The van der Waals surface area contributed by atoms with E-state index in [0.29, 0.717) is 6.54 Å². The maximum absolute atomic E-state index is 9.67. The smallest absolute Gasteiger partial charge is 0.129 e. The van der Waals surface area contributed by atoms with Crippen molar-refractivity contribution in [3.05, 3.63) is 53.5 Å². The fourth-order valence-electron chi connectivity index (χ4n) is 2.10. The van der Waals surface area contributed by atoms with Crippen LogP contribution in [0.4, 0.5) is 5.82 Å². The predicted octanol–water partition coefficient (Wildman–Crippen LogP) is 2.86. The summed E-state index contributed by atoms with van der Waals surface area (Å²) < 4.78 is 0. The third kappa shape index (κ3) is 3.54. The van der Waals surface area contributed by atoms with Crippen molar-refractivity contribution in [3.63, 3.8) is 0 Å². The molecular formula is C16H21N3O. The monoisotopic (exact) mass is 271 g/mol. The van der Waals surface area contributed by atoms with Crippen LogP contribution in [0, 0.1) is 6.92 Å². The minimum atomic E-state index is -0.479. The van der Waals surface area contributed by atoms with E-state index in [1.165, 1.54) is 0 Å². The normalized spacial score (nSPS) is 12.2. The summed E-state index contributed by atoms with van der Waals surface area (Å²) in [7, 11) is 0. The second-order valence-corrected chi connectivity index (χ2v) is 4.91. The van der Waals surface area contributed by atoms with E-state index < -0.39 is 6.10 Å². The van der Waals surface area contributed by atoms with Crippen molar-refractivity contribution in [1.29, 1.82) is 0 Å². The zero-order chi connectivity index (χ0) is 14.5. The number of aliphatic hydroxyl groups excluding tert-OH is 1. The Morgan fingerprint density at radius 3 is 2.75 bits per heavy atom. The third-order valence-electron chi connectivity index (χ3n) is 3.26. The molecule has 0 radical (unpaired) electrons. The predicted molar refractivity (Wildman–Crippen MR) is 80.6 cm³/mol. The average Bonchev–Trinajstić information content (AvgIpc) is 2.45. The van der Waals surface area contributed by atoms with Crippen LogP contribution in [0.1, 0.15) is 36.9 Å². The molecular weight excluding hydrogens is 250 g/mol. The number of rotatable bonds is 5. The molecule has 2 aromatic rings. The first-order valence-corrected chi connectivity index (χ1v) is 6.91. The van der Waals surface area contributed by atoms with Gasteiger partial charge in [-0.15, -0.1) is 0 Å². The molecule has 0 saturated carbocycles. The SMILES string of the molecule is CCN(Cc1cccc(C)n1)c1cc(C(C)O)ccn1. The van der Waals surface area contributed by atoms with Gasteiger partial charge in [0.15, 0.2) is 0 Å². The van der Waals surface area contributed by atoms with Gasteiger partial charge in [-0.1, -0.05) is 6.07 Å². The molecule has 0 bridgehead atoms. The summed E-state index contributed by atoms with van der Waals surface area (Å²) in [5.41, 5.74) is 2.92. The number of aromatic nitrogens is 2. The van der Waals surface area contributed by atoms with Crippen molar-refractivity contribution in [1.82, 2.24) is 9.97 Å². The Bertz CT molecular complexity index is 569. The molecule has 0 aliphatic carbocycles. The molecule has 2 aromatic heterocycles. The quantitative estimate of drug-likeness (QED) is 0.908. The lowest BCUT2D eigenvalue weighted by Gasteiger charge is -2.22. The molecule has 0 aliphatic rings. The van der Waals surface area contributed by atoms with Crippen LogP contribution < -0.4 is 4.90 Å². The highest BCUT2D eigenvalue weighted by atomic mass is 16.3. The van der Waals surface area contributed by atoms with E-state index in [-0.39, 0.29) is 0 Å². The molecule has 0 spiro atoms.